The summed E-state index contributed by atoms with van der Waals surface area (Å²) < 4.78 is 6.54. The van der Waals surface area contributed by atoms with Crippen molar-refractivity contribution in [1.82, 2.24) is 9.55 Å². The molecule has 0 unspecified atom stereocenters. The third-order valence-corrected chi connectivity index (χ3v) is 2.37. The topological polar surface area (TPSA) is 44.1 Å². The zero-order valence-electron chi connectivity index (χ0n) is 9.90. The molecule has 0 aromatic carbocycles. The maximum atomic E-state index is 12.0. The van der Waals surface area contributed by atoms with Gasteiger partial charge in [-0.25, -0.2) is 14.3 Å². The third-order valence-electron chi connectivity index (χ3n) is 2.09. The zero-order valence-corrected chi connectivity index (χ0v) is 10.7. The van der Waals surface area contributed by atoms with Crippen molar-refractivity contribution in [2.24, 2.45) is 0 Å². The Bertz CT molecular complexity index is 569. The Kier molecular flexibility index (Phi) is 2.83. The Morgan fingerprint density at radius 2 is 2.18 bits per heavy atom. The molecule has 0 bridgehead atoms. The number of ether oxygens (including phenoxy) is 1. The summed E-state index contributed by atoms with van der Waals surface area (Å²) in [6, 6.07) is 5.32. The van der Waals surface area contributed by atoms with E-state index in [9.17, 15) is 4.79 Å². The van der Waals surface area contributed by atoms with E-state index >= 15 is 0 Å². The van der Waals surface area contributed by atoms with Gasteiger partial charge in [-0.2, -0.15) is 0 Å². The number of pyridine rings is 1. The van der Waals surface area contributed by atoms with Crippen molar-refractivity contribution >= 4 is 28.7 Å². The first kappa shape index (κ1) is 11.9. The standard InChI is InChI=1S/C12H13ClN2O2/c1-12(2,3)17-11(16)15-9(13)7-8-5-4-6-14-10(8)15/h4-7H,1-3H3. The summed E-state index contributed by atoms with van der Waals surface area (Å²) in [5.74, 6) is 0. The normalized spacial score (nSPS) is 11.8. The van der Waals surface area contributed by atoms with E-state index in [4.69, 9.17) is 16.3 Å². The lowest BCUT2D eigenvalue weighted by molar-refractivity contribution is 0.0544. The molecule has 0 aliphatic rings. The average molecular weight is 253 g/mol. The molecule has 0 amide bonds. The van der Waals surface area contributed by atoms with E-state index in [0.717, 1.165) is 5.39 Å². The minimum Gasteiger partial charge on any atom is -0.443 e. The highest BCUT2D eigenvalue weighted by atomic mass is 35.5. The van der Waals surface area contributed by atoms with Crippen molar-refractivity contribution in [3.05, 3.63) is 29.5 Å². The molecule has 0 saturated carbocycles. The summed E-state index contributed by atoms with van der Waals surface area (Å²) in [5.41, 5.74) is -0.0575. The molecule has 17 heavy (non-hydrogen) atoms. The predicted molar refractivity (Wildman–Crippen MR) is 66.4 cm³/mol. The van der Waals surface area contributed by atoms with E-state index in [1.54, 1.807) is 39.1 Å². The van der Waals surface area contributed by atoms with Gasteiger partial charge in [0, 0.05) is 11.6 Å². The highest BCUT2D eigenvalue weighted by Crippen LogP contribution is 2.23. The number of hydrogen-bond donors (Lipinski definition) is 0. The first-order valence-corrected chi connectivity index (χ1v) is 5.61. The smallest absolute Gasteiger partial charge is 0.421 e. The predicted octanol–water partition coefficient (Wildman–Crippen LogP) is 3.47. The SMILES string of the molecule is CC(C)(C)OC(=O)n1c(Cl)cc2cccnc21. The van der Waals surface area contributed by atoms with Crippen LogP contribution in [-0.2, 0) is 4.74 Å². The van der Waals surface area contributed by atoms with Gasteiger partial charge in [-0.05, 0) is 39.0 Å². The van der Waals surface area contributed by atoms with Crippen molar-refractivity contribution in [3.8, 4) is 0 Å². The highest BCUT2D eigenvalue weighted by Gasteiger charge is 2.21. The second-order valence-electron chi connectivity index (χ2n) is 4.70. The summed E-state index contributed by atoms with van der Waals surface area (Å²) in [5, 5.41) is 1.11. The van der Waals surface area contributed by atoms with Crippen LogP contribution in [-0.4, -0.2) is 21.2 Å². The molecular weight excluding hydrogens is 240 g/mol. The van der Waals surface area contributed by atoms with Crippen LogP contribution in [0.1, 0.15) is 20.8 Å². The summed E-state index contributed by atoms with van der Waals surface area (Å²) in [7, 11) is 0. The zero-order chi connectivity index (χ0) is 12.6. The Hall–Kier alpha value is -1.55. The fraction of sp³-hybridized carbons (Fsp3) is 0.333. The van der Waals surface area contributed by atoms with Crippen molar-refractivity contribution in [2.45, 2.75) is 26.4 Å². The van der Waals surface area contributed by atoms with Crippen molar-refractivity contribution in [2.75, 3.05) is 0 Å². The largest absolute Gasteiger partial charge is 0.443 e. The second-order valence-corrected chi connectivity index (χ2v) is 5.09. The van der Waals surface area contributed by atoms with E-state index in [1.165, 1.54) is 4.57 Å². The van der Waals surface area contributed by atoms with Gasteiger partial charge in [0.25, 0.3) is 0 Å². The van der Waals surface area contributed by atoms with Gasteiger partial charge in [0.1, 0.15) is 10.8 Å². The lowest BCUT2D eigenvalue weighted by Gasteiger charge is -2.19. The Morgan fingerprint density at radius 1 is 1.47 bits per heavy atom. The molecule has 0 spiro atoms. The van der Waals surface area contributed by atoms with Crippen LogP contribution in [0.15, 0.2) is 24.4 Å². The number of aromatic nitrogens is 2. The molecule has 0 radical (unpaired) electrons. The van der Waals surface area contributed by atoms with Gasteiger partial charge in [0.15, 0.2) is 5.65 Å². The molecule has 0 atom stereocenters. The van der Waals surface area contributed by atoms with Crippen molar-refractivity contribution in [1.29, 1.82) is 0 Å². The first-order valence-electron chi connectivity index (χ1n) is 5.24. The monoisotopic (exact) mass is 252 g/mol. The van der Waals surface area contributed by atoms with Gasteiger partial charge in [0.2, 0.25) is 0 Å². The molecular formula is C12H13ClN2O2. The maximum Gasteiger partial charge on any atom is 0.421 e. The minimum atomic E-state index is -0.564. The second kappa shape index (κ2) is 4.04. The number of carbonyl (C=O) groups excluding carboxylic acids is 1. The van der Waals surface area contributed by atoms with Crippen LogP contribution < -0.4 is 0 Å². The van der Waals surface area contributed by atoms with Crippen molar-refractivity contribution < 1.29 is 9.53 Å². The summed E-state index contributed by atoms with van der Waals surface area (Å²) in [6.07, 6.45) is 1.09. The number of rotatable bonds is 0. The Labute approximate surface area is 104 Å². The lowest BCUT2D eigenvalue weighted by Crippen LogP contribution is -2.27. The van der Waals surface area contributed by atoms with Crippen LogP contribution in [0.4, 0.5) is 4.79 Å². The van der Waals surface area contributed by atoms with Crippen LogP contribution in [0.2, 0.25) is 5.15 Å². The van der Waals surface area contributed by atoms with Gasteiger partial charge in [0.05, 0.1) is 0 Å². The van der Waals surface area contributed by atoms with Gasteiger partial charge in [-0.15, -0.1) is 0 Å². The number of halogens is 1. The average Bonchev–Trinajstić information content (AvgIpc) is 2.50. The van der Waals surface area contributed by atoms with Crippen LogP contribution in [0.5, 0.6) is 0 Å². The quantitative estimate of drug-likeness (QED) is 0.721. The molecule has 5 heteroatoms. The van der Waals surface area contributed by atoms with E-state index < -0.39 is 11.7 Å². The van der Waals surface area contributed by atoms with Gasteiger partial charge in [-0.1, -0.05) is 11.6 Å². The van der Waals surface area contributed by atoms with Crippen LogP contribution >= 0.6 is 11.6 Å². The molecule has 2 aromatic rings. The van der Waals surface area contributed by atoms with E-state index in [1.807, 2.05) is 6.07 Å². The molecule has 0 aliphatic heterocycles. The third kappa shape index (κ3) is 2.42. The number of fused-ring (bicyclic) bond motifs is 1. The molecule has 0 fully saturated rings. The van der Waals surface area contributed by atoms with Gasteiger partial charge in [-0.3, -0.25) is 0 Å². The van der Waals surface area contributed by atoms with Crippen LogP contribution in [0.25, 0.3) is 11.0 Å². The van der Waals surface area contributed by atoms with Crippen molar-refractivity contribution in [3.63, 3.8) is 0 Å². The summed E-state index contributed by atoms with van der Waals surface area (Å²) in [6.45, 7) is 5.41. The molecule has 2 heterocycles. The Balaban J connectivity index is 2.48. The van der Waals surface area contributed by atoms with Gasteiger partial charge >= 0.3 is 6.09 Å². The number of hydrogen-bond acceptors (Lipinski definition) is 3. The fourth-order valence-electron chi connectivity index (χ4n) is 1.48. The molecule has 0 aliphatic carbocycles. The first-order chi connectivity index (χ1) is 7.88. The molecule has 4 nitrogen and oxygen atoms in total. The lowest BCUT2D eigenvalue weighted by atomic mass is 10.2. The Morgan fingerprint density at radius 3 is 2.82 bits per heavy atom. The van der Waals surface area contributed by atoms with E-state index in [-0.39, 0.29) is 0 Å². The van der Waals surface area contributed by atoms with Gasteiger partial charge < -0.3 is 4.74 Å². The molecule has 90 valence electrons. The molecule has 2 aromatic heterocycles. The summed E-state index contributed by atoms with van der Waals surface area (Å²) in [4.78, 5) is 16.1. The number of carbonyl (C=O) groups is 1. The van der Waals surface area contributed by atoms with E-state index in [2.05, 4.69) is 4.98 Å². The fourth-order valence-corrected chi connectivity index (χ4v) is 1.75. The highest BCUT2D eigenvalue weighted by molar-refractivity contribution is 6.31. The maximum absolute atomic E-state index is 12.0. The molecule has 2 rings (SSSR count). The minimum absolute atomic E-state index is 0.299. The number of nitrogens with zero attached hydrogens (tertiary/aromatic N) is 2. The molecule has 0 N–H and O–H groups in total. The molecule has 0 saturated heterocycles. The van der Waals surface area contributed by atoms with Crippen LogP contribution in [0, 0.1) is 0 Å². The van der Waals surface area contributed by atoms with Crippen LogP contribution in [0.3, 0.4) is 0 Å². The van der Waals surface area contributed by atoms with E-state index in [0.29, 0.717) is 10.8 Å². The summed E-state index contributed by atoms with van der Waals surface area (Å²) >= 11 is 6.01.